The van der Waals surface area contributed by atoms with Crippen molar-refractivity contribution in [2.45, 2.75) is 108 Å². The summed E-state index contributed by atoms with van der Waals surface area (Å²) in [5.41, 5.74) is -1.48. The van der Waals surface area contributed by atoms with Crippen molar-refractivity contribution in [1.29, 1.82) is 0 Å². The lowest BCUT2D eigenvalue weighted by Crippen LogP contribution is -2.53. The lowest BCUT2D eigenvalue weighted by atomic mass is 9.84. The average molecular weight is 560 g/mol. The number of carboxylic acids is 1. The third kappa shape index (κ3) is 11.1. The molecule has 40 heavy (non-hydrogen) atoms. The van der Waals surface area contributed by atoms with Gasteiger partial charge in [0.2, 0.25) is 5.91 Å². The van der Waals surface area contributed by atoms with E-state index in [1.54, 1.807) is 18.2 Å². The number of hydrogen-bond donors (Lipinski definition) is 4. The second kappa shape index (κ2) is 17.5. The highest BCUT2D eigenvalue weighted by Crippen LogP contribution is 2.30. The van der Waals surface area contributed by atoms with Crippen LogP contribution in [-0.4, -0.2) is 57.2 Å². The molecule has 0 spiro atoms. The first kappa shape index (κ1) is 33.0. The van der Waals surface area contributed by atoms with Crippen LogP contribution in [-0.2, 0) is 30.3 Å². The molecular formula is C31H45NO8. The molecule has 0 saturated carbocycles. The van der Waals surface area contributed by atoms with Crippen LogP contribution in [0, 0.1) is 5.92 Å². The predicted octanol–water partition coefficient (Wildman–Crippen LogP) is 4.62. The lowest BCUT2D eigenvalue weighted by Gasteiger charge is -2.27. The van der Waals surface area contributed by atoms with Crippen LogP contribution < -0.4 is 5.32 Å². The van der Waals surface area contributed by atoms with Gasteiger partial charge in [0.1, 0.15) is 17.6 Å². The summed E-state index contributed by atoms with van der Waals surface area (Å²) in [4.78, 5) is 49.3. The minimum Gasteiger partial charge on any atom is -0.508 e. The summed E-state index contributed by atoms with van der Waals surface area (Å²) < 4.78 is 4.92. The first-order valence-electron chi connectivity index (χ1n) is 14.6. The van der Waals surface area contributed by atoms with E-state index in [0.29, 0.717) is 30.6 Å². The van der Waals surface area contributed by atoms with Gasteiger partial charge >= 0.3 is 11.9 Å². The molecule has 1 amide bonds. The maximum Gasteiger partial charge on any atom is 0.339 e. The molecule has 0 aromatic heterocycles. The van der Waals surface area contributed by atoms with Crippen LogP contribution in [0.25, 0.3) is 0 Å². The molecule has 9 heteroatoms. The number of aliphatic hydroxyl groups is 1. The summed E-state index contributed by atoms with van der Waals surface area (Å²) in [5.74, 6) is -3.89. The van der Waals surface area contributed by atoms with E-state index in [0.717, 1.165) is 38.5 Å². The Balaban J connectivity index is 1.85. The average Bonchev–Trinajstić information content (AvgIpc) is 3.26. The minimum absolute atomic E-state index is 0.0275. The van der Waals surface area contributed by atoms with E-state index in [9.17, 15) is 34.5 Å². The molecule has 0 unspecified atom stereocenters. The summed E-state index contributed by atoms with van der Waals surface area (Å²) in [6.07, 6.45) is 14.2. The highest BCUT2D eigenvalue weighted by molar-refractivity contribution is 5.93. The Labute approximate surface area is 237 Å². The molecule has 1 aliphatic rings. The molecular weight excluding hydrogens is 514 g/mol. The highest BCUT2D eigenvalue weighted by Gasteiger charge is 2.51. The number of cyclic esters (lactones) is 1. The van der Waals surface area contributed by atoms with Crippen molar-refractivity contribution in [3.8, 4) is 5.75 Å². The van der Waals surface area contributed by atoms with Gasteiger partial charge in [-0.25, -0.2) is 9.59 Å². The quantitative estimate of drug-likeness (QED) is 0.103. The fourth-order valence-corrected chi connectivity index (χ4v) is 4.82. The smallest absolute Gasteiger partial charge is 0.339 e. The van der Waals surface area contributed by atoms with Crippen molar-refractivity contribution in [2.75, 3.05) is 6.61 Å². The summed E-state index contributed by atoms with van der Waals surface area (Å²) in [6, 6.07) is 4.66. The standard InChI is InChI=1S/C31H45NO8/c1-2-3-4-7-10-13-24(33)14-11-8-5-6-9-12-15-26(31(39)20-21-40-30(31)38)28(35)32-27(29(36)37)22-23-16-18-25(34)19-17-23/h12,15-19,26-27,34,39H,2-11,13-14,20-22H2,1H3,(H,32,35)(H,36,37)/b15-12+/t26-,27+,31+/m1/s1. The van der Waals surface area contributed by atoms with Crippen LogP contribution in [0.5, 0.6) is 5.75 Å². The number of ketones is 1. The van der Waals surface area contributed by atoms with Gasteiger partial charge in [-0.3, -0.25) is 9.59 Å². The molecule has 0 radical (unpaired) electrons. The van der Waals surface area contributed by atoms with Gasteiger partial charge in [0.25, 0.3) is 0 Å². The van der Waals surface area contributed by atoms with Crippen LogP contribution >= 0.6 is 0 Å². The number of phenols is 1. The van der Waals surface area contributed by atoms with Crippen LogP contribution in [0.15, 0.2) is 36.4 Å². The lowest BCUT2D eigenvalue weighted by molar-refractivity contribution is -0.160. The van der Waals surface area contributed by atoms with Gasteiger partial charge < -0.3 is 25.4 Å². The first-order chi connectivity index (χ1) is 19.2. The molecule has 1 fully saturated rings. The van der Waals surface area contributed by atoms with Crippen molar-refractivity contribution in [1.82, 2.24) is 5.32 Å². The Hall–Kier alpha value is -3.20. The number of carbonyl (C=O) groups is 4. The molecule has 222 valence electrons. The number of nitrogens with one attached hydrogen (secondary N) is 1. The maximum absolute atomic E-state index is 13.2. The number of amides is 1. The third-order valence-electron chi connectivity index (χ3n) is 7.32. The fraction of sp³-hybridized carbons (Fsp3) is 0.613. The molecule has 2 rings (SSSR count). The number of rotatable bonds is 20. The Kier molecular flexibility index (Phi) is 14.4. The number of ether oxygens (including phenoxy) is 1. The maximum atomic E-state index is 13.2. The largest absolute Gasteiger partial charge is 0.508 e. The fourth-order valence-electron chi connectivity index (χ4n) is 4.82. The van der Waals surface area contributed by atoms with E-state index in [1.165, 1.54) is 37.5 Å². The van der Waals surface area contributed by atoms with Gasteiger partial charge in [0.15, 0.2) is 5.60 Å². The molecule has 9 nitrogen and oxygen atoms in total. The molecule has 1 aromatic rings. The Morgan fingerprint density at radius 2 is 1.62 bits per heavy atom. The van der Waals surface area contributed by atoms with Crippen molar-refractivity contribution in [2.24, 2.45) is 5.92 Å². The SMILES string of the molecule is CCCCCCCC(=O)CCCCCC/C=C/[C@H](C(=O)N[C@@H](Cc1ccc(O)cc1)C(=O)O)[C@@]1(O)CCOC1=O. The Morgan fingerprint density at radius 1 is 1.00 bits per heavy atom. The number of esters is 1. The number of aliphatic carboxylic acids is 1. The monoisotopic (exact) mass is 559 g/mol. The topological polar surface area (TPSA) is 150 Å². The second-order valence-corrected chi connectivity index (χ2v) is 10.6. The van der Waals surface area contributed by atoms with Gasteiger partial charge in [-0.1, -0.05) is 69.7 Å². The number of aromatic hydroxyl groups is 1. The summed E-state index contributed by atoms with van der Waals surface area (Å²) in [5, 5.41) is 32.6. The van der Waals surface area contributed by atoms with Gasteiger partial charge in [-0.2, -0.15) is 0 Å². The molecule has 4 N–H and O–H groups in total. The van der Waals surface area contributed by atoms with Crippen molar-refractivity contribution < 1.29 is 39.2 Å². The second-order valence-electron chi connectivity index (χ2n) is 10.6. The zero-order valence-corrected chi connectivity index (χ0v) is 23.6. The molecule has 1 heterocycles. The number of hydrogen-bond acceptors (Lipinski definition) is 7. The Bertz CT molecular complexity index is 990. The zero-order valence-electron chi connectivity index (χ0n) is 23.6. The van der Waals surface area contributed by atoms with Crippen LogP contribution in [0.1, 0.15) is 96.0 Å². The van der Waals surface area contributed by atoms with E-state index >= 15 is 0 Å². The third-order valence-corrected chi connectivity index (χ3v) is 7.32. The molecule has 1 aromatic carbocycles. The molecule has 0 aliphatic carbocycles. The predicted molar refractivity (Wildman–Crippen MR) is 151 cm³/mol. The number of Topliss-reactive ketones (excluding diaryl/α,β-unsaturated/α-hetero) is 1. The number of unbranched alkanes of at least 4 members (excludes halogenated alkanes) is 8. The first-order valence-corrected chi connectivity index (χ1v) is 14.6. The van der Waals surface area contributed by atoms with Gasteiger partial charge in [0.05, 0.1) is 12.5 Å². The summed E-state index contributed by atoms with van der Waals surface area (Å²) in [6.45, 7) is 2.14. The van der Waals surface area contributed by atoms with E-state index in [4.69, 9.17) is 4.74 Å². The summed E-state index contributed by atoms with van der Waals surface area (Å²) >= 11 is 0. The molecule has 3 atom stereocenters. The normalized spacial score (nSPS) is 18.4. The van der Waals surface area contributed by atoms with Crippen LogP contribution in [0.2, 0.25) is 0 Å². The van der Waals surface area contributed by atoms with E-state index in [1.807, 2.05) is 0 Å². The van der Waals surface area contributed by atoms with Crippen LogP contribution in [0.4, 0.5) is 0 Å². The Morgan fingerprint density at radius 3 is 2.20 bits per heavy atom. The van der Waals surface area contributed by atoms with Gasteiger partial charge in [-0.15, -0.1) is 0 Å². The van der Waals surface area contributed by atoms with Gasteiger partial charge in [-0.05, 0) is 43.4 Å². The number of phenolic OH excluding ortho intramolecular Hbond substituents is 1. The van der Waals surface area contributed by atoms with E-state index in [-0.39, 0.29) is 25.2 Å². The molecule has 1 saturated heterocycles. The molecule has 0 bridgehead atoms. The zero-order chi connectivity index (χ0) is 29.4. The van der Waals surface area contributed by atoms with Crippen LogP contribution in [0.3, 0.4) is 0 Å². The molecule has 1 aliphatic heterocycles. The minimum atomic E-state index is -2.07. The van der Waals surface area contributed by atoms with Crippen molar-refractivity contribution in [3.05, 3.63) is 42.0 Å². The van der Waals surface area contributed by atoms with Crippen molar-refractivity contribution >= 4 is 23.6 Å². The highest BCUT2D eigenvalue weighted by atomic mass is 16.6. The number of carbonyl (C=O) groups excluding carboxylic acids is 3. The van der Waals surface area contributed by atoms with E-state index in [2.05, 4.69) is 12.2 Å². The number of carboxylic acid groups (broad SMARTS) is 1. The number of benzene rings is 1. The van der Waals surface area contributed by atoms with Crippen molar-refractivity contribution in [3.63, 3.8) is 0 Å². The summed E-state index contributed by atoms with van der Waals surface area (Å²) in [7, 11) is 0. The number of allylic oxidation sites excluding steroid dienone is 1. The van der Waals surface area contributed by atoms with E-state index < -0.39 is 35.4 Å². The van der Waals surface area contributed by atoms with Gasteiger partial charge in [0, 0.05) is 25.7 Å².